The molecule has 0 aliphatic rings. The Morgan fingerprint density at radius 3 is 1.57 bits per heavy atom. The number of nitrogens with zero attached hydrogens (tertiary/aromatic N) is 4. The van der Waals surface area contributed by atoms with Crippen molar-refractivity contribution in [1.82, 2.24) is 19.1 Å². The molecular weight excluding hydrogens is 645 g/mol. The van der Waals surface area contributed by atoms with E-state index in [9.17, 15) is 0 Å². The minimum atomic E-state index is 0. The third kappa shape index (κ3) is 5.65. The van der Waals surface area contributed by atoms with Crippen LogP contribution >= 0.6 is 0 Å². The van der Waals surface area contributed by atoms with E-state index in [0.717, 1.165) is 61.3 Å². The Balaban J connectivity index is 0.00000131. The number of para-hydroxylation sites is 3. The smallest absolute Gasteiger partial charge is 0.162 e. The molecule has 0 radical (unpaired) electrons. The first kappa shape index (κ1) is 33.4. The Morgan fingerprint density at radius 2 is 0.887 bits per heavy atom. The highest BCUT2D eigenvalue weighted by atomic mass is 15.1. The zero-order valence-electron chi connectivity index (χ0n) is 29.1. The molecule has 0 aliphatic carbocycles. The molecule has 3 aromatic heterocycles. The molecule has 256 valence electrons. The van der Waals surface area contributed by atoms with E-state index in [4.69, 9.17) is 9.97 Å². The second-order valence-electron chi connectivity index (χ2n) is 12.6. The van der Waals surface area contributed by atoms with Crippen molar-refractivity contribution in [2.45, 2.75) is 21.3 Å². The summed E-state index contributed by atoms with van der Waals surface area (Å²) in [7, 11) is 0. The Kier molecular flexibility index (Phi) is 8.87. The zero-order chi connectivity index (χ0) is 35.0. The Bertz CT molecular complexity index is 2840. The number of rotatable bonds is 5. The van der Waals surface area contributed by atoms with Crippen LogP contribution in [0.3, 0.4) is 0 Å². The molecule has 10 rings (SSSR count). The topological polar surface area (TPSA) is 35.6 Å². The standard InChI is InChI=1S/C46H30N4.C2H6.CH4/c1-5-15-31(16-6-1)44-43-39-29-33(34-25-27-38-37-23-13-14-24-40(37)49(42(38)30-34)35-19-9-3-10-20-35)26-28-41(39)50(36-21-11-4-12-22-36)46(43)48-45(47-44)32-17-7-2-8-18-32;1-2;/h1-30H;1-2H3;1H4. The number of aromatic nitrogens is 4. The van der Waals surface area contributed by atoms with Crippen LogP contribution in [-0.4, -0.2) is 19.1 Å². The van der Waals surface area contributed by atoms with E-state index in [1.165, 1.54) is 21.8 Å². The molecule has 0 atom stereocenters. The SMILES string of the molecule is C.CC.c1ccc(-c2nc(-c3ccccc3)c3c4cc(-c5ccc6c7ccccc7n(-c7ccccc7)c6c5)ccc4n(-c4ccccc4)c3n2)cc1. The molecule has 7 aromatic carbocycles. The molecule has 0 aliphatic heterocycles. The van der Waals surface area contributed by atoms with Crippen LogP contribution in [0.4, 0.5) is 0 Å². The zero-order valence-corrected chi connectivity index (χ0v) is 29.1. The molecule has 10 aromatic rings. The largest absolute Gasteiger partial charge is 0.309 e. The number of hydrogen-bond acceptors (Lipinski definition) is 2. The molecule has 4 heteroatoms. The van der Waals surface area contributed by atoms with Gasteiger partial charge in [0.1, 0.15) is 5.65 Å². The van der Waals surface area contributed by atoms with Gasteiger partial charge in [0, 0.05) is 38.7 Å². The lowest BCUT2D eigenvalue weighted by molar-refractivity contribution is 1.11. The molecule has 0 saturated heterocycles. The van der Waals surface area contributed by atoms with E-state index in [1.54, 1.807) is 0 Å². The minimum Gasteiger partial charge on any atom is -0.309 e. The van der Waals surface area contributed by atoms with Crippen molar-refractivity contribution in [3.8, 4) is 45.1 Å². The molecule has 3 heterocycles. The van der Waals surface area contributed by atoms with Gasteiger partial charge in [-0.2, -0.15) is 0 Å². The van der Waals surface area contributed by atoms with E-state index in [0.29, 0.717) is 5.82 Å². The fraction of sp³-hybridized carbons (Fsp3) is 0.0612. The van der Waals surface area contributed by atoms with Crippen LogP contribution in [0.1, 0.15) is 21.3 Å². The second-order valence-corrected chi connectivity index (χ2v) is 12.6. The molecule has 0 saturated carbocycles. The van der Waals surface area contributed by atoms with E-state index >= 15 is 0 Å². The number of fused-ring (bicyclic) bond motifs is 6. The van der Waals surface area contributed by atoms with Gasteiger partial charge in [-0.3, -0.25) is 4.57 Å². The summed E-state index contributed by atoms with van der Waals surface area (Å²) in [5, 5.41) is 4.64. The van der Waals surface area contributed by atoms with Gasteiger partial charge in [-0.25, -0.2) is 9.97 Å². The molecule has 0 fully saturated rings. The summed E-state index contributed by atoms with van der Waals surface area (Å²) in [5.74, 6) is 0.705. The normalized spacial score (nSPS) is 11.1. The Morgan fingerprint density at radius 1 is 0.377 bits per heavy atom. The summed E-state index contributed by atoms with van der Waals surface area (Å²) in [6.45, 7) is 4.00. The van der Waals surface area contributed by atoms with E-state index < -0.39 is 0 Å². The summed E-state index contributed by atoms with van der Waals surface area (Å²) >= 11 is 0. The fourth-order valence-corrected chi connectivity index (χ4v) is 7.45. The lowest BCUT2D eigenvalue weighted by Crippen LogP contribution is -1.99. The Hall–Kier alpha value is -6.78. The van der Waals surface area contributed by atoms with Crippen LogP contribution in [-0.2, 0) is 0 Å². The first-order valence-corrected chi connectivity index (χ1v) is 17.9. The summed E-state index contributed by atoms with van der Waals surface area (Å²) < 4.78 is 4.66. The second kappa shape index (κ2) is 14.1. The number of benzene rings is 7. The van der Waals surface area contributed by atoms with Gasteiger partial charge < -0.3 is 4.57 Å². The maximum absolute atomic E-state index is 5.31. The van der Waals surface area contributed by atoms with Crippen molar-refractivity contribution in [3.05, 3.63) is 182 Å². The summed E-state index contributed by atoms with van der Waals surface area (Å²) in [6, 6.07) is 64.2. The predicted molar refractivity (Wildman–Crippen MR) is 225 cm³/mol. The summed E-state index contributed by atoms with van der Waals surface area (Å²) in [5.41, 5.74) is 11.8. The lowest BCUT2D eigenvalue weighted by Gasteiger charge is -2.10. The third-order valence-corrected chi connectivity index (χ3v) is 9.72. The van der Waals surface area contributed by atoms with Crippen molar-refractivity contribution in [1.29, 1.82) is 0 Å². The molecule has 0 unspecified atom stereocenters. The Labute approximate surface area is 310 Å². The van der Waals surface area contributed by atoms with Gasteiger partial charge in [0.15, 0.2) is 5.82 Å². The van der Waals surface area contributed by atoms with Gasteiger partial charge in [-0.05, 0) is 59.7 Å². The first-order valence-electron chi connectivity index (χ1n) is 17.9. The van der Waals surface area contributed by atoms with E-state index in [-0.39, 0.29) is 7.43 Å². The summed E-state index contributed by atoms with van der Waals surface area (Å²) in [4.78, 5) is 10.6. The molecule has 0 N–H and O–H groups in total. The maximum Gasteiger partial charge on any atom is 0.162 e. The highest BCUT2D eigenvalue weighted by molar-refractivity contribution is 6.15. The van der Waals surface area contributed by atoms with Crippen LogP contribution in [0.2, 0.25) is 0 Å². The molecule has 4 nitrogen and oxygen atoms in total. The predicted octanol–water partition coefficient (Wildman–Crippen LogP) is 13.3. The van der Waals surface area contributed by atoms with Crippen LogP contribution in [0.5, 0.6) is 0 Å². The van der Waals surface area contributed by atoms with Gasteiger partial charge in [0.2, 0.25) is 0 Å². The molecular formula is C49H40N4. The quantitative estimate of drug-likeness (QED) is 0.181. The lowest BCUT2D eigenvalue weighted by atomic mass is 10.00. The number of hydrogen-bond donors (Lipinski definition) is 0. The van der Waals surface area contributed by atoms with Gasteiger partial charge >= 0.3 is 0 Å². The fourth-order valence-electron chi connectivity index (χ4n) is 7.45. The minimum absolute atomic E-state index is 0. The van der Waals surface area contributed by atoms with Crippen molar-refractivity contribution in [2.75, 3.05) is 0 Å². The van der Waals surface area contributed by atoms with Crippen molar-refractivity contribution in [2.24, 2.45) is 0 Å². The van der Waals surface area contributed by atoms with Crippen LogP contribution in [0.25, 0.3) is 88.9 Å². The van der Waals surface area contributed by atoms with Gasteiger partial charge in [-0.1, -0.05) is 155 Å². The maximum atomic E-state index is 5.31. The first-order chi connectivity index (χ1) is 25.8. The molecule has 0 amide bonds. The van der Waals surface area contributed by atoms with Gasteiger partial charge in [-0.15, -0.1) is 0 Å². The third-order valence-electron chi connectivity index (χ3n) is 9.72. The molecule has 0 bridgehead atoms. The highest BCUT2D eigenvalue weighted by Crippen LogP contribution is 2.41. The van der Waals surface area contributed by atoms with Crippen LogP contribution < -0.4 is 0 Å². The van der Waals surface area contributed by atoms with Gasteiger partial charge in [0.25, 0.3) is 0 Å². The average Bonchev–Trinajstić information content (AvgIpc) is 3.74. The average molecular weight is 685 g/mol. The van der Waals surface area contributed by atoms with Crippen molar-refractivity contribution in [3.63, 3.8) is 0 Å². The summed E-state index contributed by atoms with van der Waals surface area (Å²) in [6.07, 6.45) is 0. The van der Waals surface area contributed by atoms with Crippen molar-refractivity contribution < 1.29 is 0 Å². The van der Waals surface area contributed by atoms with Crippen LogP contribution in [0, 0.1) is 0 Å². The monoisotopic (exact) mass is 684 g/mol. The van der Waals surface area contributed by atoms with E-state index in [2.05, 4.69) is 173 Å². The molecule has 0 spiro atoms. The highest BCUT2D eigenvalue weighted by Gasteiger charge is 2.22. The van der Waals surface area contributed by atoms with Crippen LogP contribution in [0.15, 0.2) is 182 Å². The van der Waals surface area contributed by atoms with E-state index in [1.807, 2.05) is 32.0 Å². The van der Waals surface area contributed by atoms with Gasteiger partial charge in [0.05, 0.1) is 27.6 Å². The van der Waals surface area contributed by atoms with Crippen molar-refractivity contribution >= 4 is 43.7 Å². The molecule has 53 heavy (non-hydrogen) atoms.